The van der Waals surface area contributed by atoms with Gasteiger partial charge in [0.25, 0.3) is 0 Å². The number of carboxylic acid groups (broad SMARTS) is 1. The van der Waals surface area contributed by atoms with Gasteiger partial charge < -0.3 is 20.2 Å². The van der Waals surface area contributed by atoms with Crippen LogP contribution in [0.4, 0.5) is 11.5 Å². The first-order valence-corrected chi connectivity index (χ1v) is 9.53. The van der Waals surface area contributed by atoms with Crippen LogP contribution in [-0.2, 0) is 4.79 Å². The Morgan fingerprint density at radius 2 is 2.00 bits per heavy atom. The fourth-order valence-corrected chi connectivity index (χ4v) is 2.79. The molecule has 3 heterocycles. The van der Waals surface area contributed by atoms with E-state index in [1.165, 1.54) is 6.08 Å². The van der Waals surface area contributed by atoms with E-state index in [-0.39, 0.29) is 5.69 Å². The highest BCUT2D eigenvalue weighted by Gasteiger charge is 2.35. The highest BCUT2D eigenvalue weighted by Crippen LogP contribution is 2.37. The van der Waals surface area contributed by atoms with E-state index < -0.39 is 5.97 Å². The summed E-state index contributed by atoms with van der Waals surface area (Å²) in [6.45, 7) is 13.5. The van der Waals surface area contributed by atoms with Crippen LogP contribution in [-0.4, -0.2) is 61.5 Å². The van der Waals surface area contributed by atoms with Crippen molar-refractivity contribution in [3.8, 4) is 0 Å². The number of rotatable bonds is 3. The third kappa shape index (κ3) is 6.37. The molecule has 1 amide bonds. The van der Waals surface area contributed by atoms with Crippen molar-refractivity contribution in [2.45, 2.75) is 40.2 Å². The summed E-state index contributed by atoms with van der Waals surface area (Å²) in [5.74, 6) is 0.317. The molecule has 1 saturated heterocycles. The van der Waals surface area contributed by atoms with E-state index in [1.807, 2.05) is 40.8 Å². The van der Waals surface area contributed by atoms with Crippen molar-refractivity contribution in [3.63, 3.8) is 0 Å². The number of carbonyl (C=O) groups is 2. The monoisotopic (exact) mass is 391 g/mol. The fourth-order valence-electron chi connectivity index (χ4n) is 2.79. The molecule has 2 aliphatic rings. The molecular weight excluding hydrogens is 358 g/mol. The summed E-state index contributed by atoms with van der Waals surface area (Å²) < 4.78 is 0. The Morgan fingerprint density at radius 3 is 2.46 bits per heavy atom. The van der Waals surface area contributed by atoms with E-state index in [1.54, 1.807) is 13.1 Å². The minimum atomic E-state index is -0.968. The minimum Gasteiger partial charge on any atom is -0.477 e. The summed E-state index contributed by atoms with van der Waals surface area (Å²) in [6, 6.07) is 3.92. The number of carbonyl (C=O) groups excluding carboxylic acids is 1. The molecule has 1 aromatic heterocycles. The predicted molar refractivity (Wildman–Crippen MR) is 116 cm³/mol. The SMILES string of the molecule is C=CC(=NC)NC=O.CC.CC.CN1c2nc(C(=O)O)ccc2N2CCC1C2. The molecule has 2 aliphatic heterocycles. The van der Waals surface area contributed by atoms with Crippen LogP contribution in [0.5, 0.6) is 0 Å². The van der Waals surface area contributed by atoms with Gasteiger partial charge in [-0.15, -0.1) is 0 Å². The van der Waals surface area contributed by atoms with E-state index in [0.29, 0.717) is 18.3 Å². The number of amidine groups is 1. The third-order valence-electron chi connectivity index (χ3n) is 4.10. The molecule has 1 unspecified atom stereocenters. The summed E-state index contributed by atoms with van der Waals surface area (Å²) in [5, 5.41) is 11.3. The number of nitrogens with zero attached hydrogens (tertiary/aromatic N) is 4. The lowest BCUT2D eigenvalue weighted by molar-refractivity contribution is -0.108. The fraction of sp³-hybridized carbons (Fsp3) is 0.500. The van der Waals surface area contributed by atoms with Gasteiger partial charge in [0.05, 0.1) is 5.69 Å². The van der Waals surface area contributed by atoms with Gasteiger partial charge in [0.15, 0.2) is 11.5 Å². The minimum absolute atomic E-state index is 0.119. The van der Waals surface area contributed by atoms with Crippen LogP contribution >= 0.6 is 0 Å². The highest BCUT2D eigenvalue weighted by atomic mass is 16.4. The molecule has 0 radical (unpaired) electrons. The summed E-state index contributed by atoms with van der Waals surface area (Å²) in [5.41, 5.74) is 1.18. The zero-order chi connectivity index (χ0) is 21.7. The van der Waals surface area contributed by atoms with Gasteiger partial charge in [-0.3, -0.25) is 9.79 Å². The van der Waals surface area contributed by atoms with E-state index >= 15 is 0 Å². The van der Waals surface area contributed by atoms with Crippen LogP contribution < -0.4 is 15.1 Å². The predicted octanol–water partition coefficient (Wildman–Crippen LogP) is 2.81. The molecule has 156 valence electrons. The van der Waals surface area contributed by atoms with Gasteiger partial charge >= 0.3 is 5.97 Å². The number of likely N-dealkylation sites (N-methyl/N-ethyl adjacent to an activating group) is 1. The zero-order valence-electron chi connectivity index (χ0n) is 17.8. The Morgan fingerprint density at radius 1 is 1.36 bits per heavy atom. The van der Waals surface area contributed by atoms with Crippen LogP contribution in [0.3, 0.4) is 0 Å². The van der Waals surface area contributed by atoms with Gasteiger partial charge in [-0.2, -0.15) is 0 Å². The van der Waals surface area contributed by atoms with Crippen LogP contribution in [0, 0.1) is 0 Å². The maximum atomic E-state index is 10.9. The van der Waals surface area contributed by atoms with E-state index in [0.717, 1.165) is 31.0 Å². The second-order valence-electron chi connectivity index (χ2n) is 5.42. The number of aliphatic imine (C=N–C) groups is 1. The smallest absolute Gasteiger partial charge is 0.354 e. The normalized spacial score (nSPS) is 16.1. The molecule has 0 spiro atoms. The molecule has 1 aromatic rings. The quantitative estimate of drug-likeness (QED) is 0.467. The molecule has 8 nitrogen and oxygen atoms in total. The Labute approximate surface area is 168 Å². The molecule has 1 fully saturated rings. The summed E-state index contributed by atoms with van der Waals surface area (Å²) >= 11 is 0. The average Bonchev–Trinajstić information content (AvgIpc) is 3.19. The van der Waals surface area contributed by atoms with Crippen molar-refractivity contribution in [1.29, 1.82) is 0 Å². The second-order valence-corrected chi connectivity index (χ2v) is 5.42. The molecule has 1 atom stereocenters. The summed E-state index contributed by atoms with van der Waals surface area (Å²) in [7, 11) is 3.57. The molecule has 0 aromatic carbocycles. The van der Waals surface area contributed by atoms with Gasteiger partial charge in [0.1, 0.15) is 5.84 Å². The van der Waals surface area contributed by atoms with E-state index in [2.05, 4.69) is 31.7 Å². The first kappa shape index (κ1) is 25.1. The maximum absolute atomic E-state index is 10.9. The van der Waals surface area contributed by atoms with Crippen molar-refractivity contribution >= 4 is 29.7 Å². The van der Waals surface area contributed by atoms with Gasteiger partial charge in [0, 0.05) is 33.2 Å². The van der Waals surface area contributed by atoms with Gasteiger partial charge in [-0.1, -0.05) is 34.3 Å². The topological polar surface area (TPSA) is 98.1 Å². The van der Waals surface area contributed by atoms with Gasteiger partial charge in [0.2, 0.25) is 6.41 Å². The van der Waals surface area contributed by atoms with Gasteiger partial charge in [-0.25, -0.2) is 9.78 Å². The standard InChI is InChI=1S/C11H13N3O2.C5H8N2O.2C2H6/c1-13-7-4-5-14(6-7)9-3-2-8(11(15)16)12-10(9)13;1-3-5(6-2)7-4-8;2*1-2/h2-3,7H,4-6H2,1H3,(H,15,16);3-4H,1H2,2H3,(H,6,7,8);2*1-2H3. The van der Waals surface area contributed by atoms with Crippen molar-refractivity contribution in [2.24, 2.45) is 4.99 Å². The lowest BCUT2D eigenvalue weighted by atomic mass is 10.2. The summed E-state index contributed by atoms with van der Waals surface area (Å²) in [6.07, 6.45) is 3.15. The largest absolute Gasteiger partial charge is 0.477 e. The maximum Gasteiger partial charge on any atom is 0.354 e. The van der Waals surface area contributed by atoms with E-state index in [4.69, 9.17) is 5.11 Å². The van der Waals surface area contributed by atoms with Crippen molar-refractivity contribution in [3.05, 3.63) is 30.5 Å². The molecule has 3 rings (SSSR count). The Hall–Kier alpha value is -2.90. The number of pyridine rings is 1. The van der Waals surface area contributed by atoms with Crippen LogP contribution in [0.25, 0.3) is 0 Å². The Kier molecular flexibility index (Phi) is 11.9. The number of aromatic carboxylic acids is 1. The second kappa shape index (κ2) is 13.3. The van der Waals surface area contributed by atoms with Crippen LogP contribution in [0.15, 0.2) is 29.8 Å². The van der Waals surface area contributed by atoms with Crippen molar-refractivity contribution in [1.82, 2.24) is 10.3 Å². The molecule has 0 aliphatic carbocycles. The molecule has 28 heavy (non-hydrogen) atoms. The number of anilines is 2. The van der Waals surface area contributed by atoms with Crippen LogP contribution in [0.2, 0.25) is 0 Å². The number of amides is 1. The molecule has 0 saturated carbocycles. The zero-order valence-corrected chi connectivity index (χ0v) is 17.8. The third-order valence-corrected chi connectivity index (χ3v) is 4.10. The van der Waals surface area contributed by atoms with Gasteiger partial charge in [-0.05, 0) is 24.6 Å². The lowest BCUT2D eigenvalue weighted by Gasteiger charge is -2.34. The molecular formula is C20H33N5O3. The number of aromatic nitrogens is 1. The number of fused-ring (bicyclic) bond motifs is 4. The Balaban J connectivity index is 0.000000520. The number of nitrogens with one attached hydrogen (secondary N) is 1. The van der Waals surface area contributed by atoms with Crippen molar-refractivity contribution < 1.29 is 14.7 Å². The summed E-state index contributed by atoms with van der Waals surface area (Å²) in [4.78, 5) is 32.8. The average molecular weight is 392 g/mol. The first-order chi connectivity index (χ1) is 13.5. The number of carboxylic acids is 1. The van der Waals surface area contributed by atoms with Crippen LogP contribution in [0.1, 0.15) is 44.6 Å². The molecule has 2 bridgehead atoms. The lowest BCUT2D eigenvalue weighted by Crippen LogP contribution is -2.40. The molecule has 2 N–H and O–H groups in total. The Bertz CT molecular complexity index is 676. The number of hydrogen-bond donors (Lipinski definition) is 2. The van der Waals surface area contributed by atoms with Crippen molar-refractivity contribution in [2.75, 3.05) is 37.0 Å². The van der Waals surface area contributed by atoms with E-state index in [9.17, 15) is 9.59 Å². The highest BCUT2D eigenvalue weighted by molar-refractivity contribution is 5.98. The first-order valence-electron chi connectivity index (χ1n) is 9.53. The number of hydrogen-bond acceptors (Lipinski definition) is 6. The molecule has 8 heteroatoms.